The van der Waals surface area contributed by atoms with Gasteiger partial charge in [-0.05, 0) is 81.2 Å². The zero-order valence-electron chi connectivity index (χ0n) is 23.7. The number of nitrogens with zero attached hydrogens (tertiary/aromatic N) is 2. The first kappa shape index (κ1) is 29.8. The fraction of sp³-hybridized carbons (Fsp3) is 0.387. The van der Waals surface area contributed by atoms with E-state index in [1.807, 2.05) is 25.1 Å². The van der Waals surface area contributed by atoms with E-state index in [1.54, 1.807) is 36.5 Å². The second-order valence-electron chi connectivity index (χ2n) is 10.2. The lowest BCUT2D eigenvalue weighted by Crippen LogP contribution is -2.24. The molecule has 0 spiro atoms. The Morgan fingerprint density at radius 1 is 1.07 bits per heavy atom. The van der Waals surface area contributed by atoms with Crippen molar-refractivity contribution in [3.8, 4) is 22.8 Å². The number of amides is 1. The molecule has 218 valence electrons. The maximum atomic E-state index is 14.1. The Morgan fingerprint density at radius 2 is 1.88 bits per heavy atom. The van der Waals surface area contributed by atoms with Gasteiger partial charge in [-0.1, -0.05) is 12.1 Å². The van der Waals surface area contributed by atoms with E-state index in [0.29, 0.717) is 52.6 Å². The summed E-state index contributed by atoms with van der Waals surface area (Å²) >= 11 is 0. The predicted molar refractivity (Wildman–Crippen MR) is 151 cm³/mol. The number of ether oxygens (including phenoxy) is 4. The molecule has 1 saturated carbocycles. The molecule has 2 aromatic carbocycles. The lowest BCUT2D eigenvalue weighted by atomic mass is 10.0. The number of nitrogens with one attached hydrogen (secondary N) is 1. The first-order valence-corrected chi connectivity index (χ1v) is 13.6. The van der Waals surface area contributed by atoms with Crippen LogP contribution in [-0.2, 0) is 22.6 Å². The van der Waals surface area contributed by atoms with E-state index >= 15 is 0 Å². The van der Waals surface area contributed by atoms with E-state index in [0.717, 1.165) is 19.4 Å². The van der Waals surface area contributed by atoms with Gasteiger partial charge in [0.05, 0.1) is 31.6 Å². The molecule has 1 aromatic heterocycles. The Labute approximate surface area is 239 Å². The summed E-state index contributed by atoms with van der Waals surface area (Å²) in [4.78, 5) is 31.9. The van der Waals surface area contributed by atoms with Crippen molar-refractivity contribution in [3.63, 3.8) is 0 Å². The standard InChI is InChI=1S/C31H36FN3O6/c1-35(2)14-5-15-39-31(37)41-20-24-6-4-13-33-29(24)23-10-12-27(40-19-21-7-8-21)25(17-23)30(36)34-18-22-9-11-28(38-3)26(32)16-22/h4,6,9-13,16-17,21H,5,7-8,14-15,18-20H2,1-3H3,(H,34,36). The van der Waals surface area contributed by atoms with Crippen molar-refractivity contribution in [2.75, 3.05) is 41.0 Å². The summed E-state index contributed by atoms with van der Waals surface area (Å²) in [5, 5.41) is 2.85. The van der Waals surface area contributed by atoms with E-state index in [1.165, 1.54) is 19.2 Å². The molecule has 1 aliphatic carbocycles. The average Bonchev–Trinajstić information content (AvgIpc) is 3.81. The predicted octanol–water partition coefficient (Wildman–Crippen LogP) is 5.22. The highest BCUT2D eigenvalue weighted by molar-refractivity contribution is 5.98. The number of hydrogen-bond donors (Lipinski definition) is 1. The SMILES string of the molecule is COc1ccc(CNC(=O)c2cc(-c3ncccc3COC(=O)OCCCN(C)C)ccc2OCC2CC2)cc1F. The molecule has 1 aliphatic rings. The highest BCUT2D eigenvalue weighted by atomic mass is 19.1. The van der Waals surface area contributed by atoms with Gasteiger partial charge in [0.15, 0.2) is 11.6 Å². The van der Waals surface area contributed by atoms with Gasteiger partial charge in [-0.25, -0.2) is 9.18 Å². The molecule has 0 saturated heterocycles. The summed E-state index contributed by atoms with van der Waals surface area (Å²) in [5.41, 5.74) is 2.79. The summed E-state index contributed by atoms with van der Waals surface area (Å²) in [6, 6.07) is 13.4. The van der Waals surface area contributed by atoms with Crippen molar-refractivity contribution >= 4 is 12.1 Å². The second-order valence-corrected chi connectivity index (χ2v) is 10.2. The number of halogens is 1. The monoisotopic (exact) mass is 565 g/mol. The Hall–Kier alpha value is -4.18. The number of benzene rings is 2. The average molecular weight is 566 g/mol. The molecule has 41 heavy (non-hydrogen) atoms. The fourth-order valence-electron chi connectivity index (χ4n) is 4.10. The third kappa shape index (κ3) is 8.91. The van der Waals surface area contributed by atoms with Gasteiger partial charge in [-0.2, -0.15) is 0 Å². The number of carbonyl (C=O) groups excluding carboxylic acids is 2. The van der Waals surface area contributed by atoms with Crippen molar-refractivity contribution < 1.29 is 32.9 Å². The Morgan fingerprint density at radius 3 is 2.61 bits per heavy atom. The van der Waals surface area contributed by atoms with Crippen molar-refractivity contribution in [3.05, 3.63) is 77.2 Å². The molecule has 1 fully saturated rings. The molecule has 10 heteroatoms. The van der Waals surface area contributed by atoms with E-state index in [4.69, 9.17) is 18.9 Å². The number of methoxy groups -OCH3 is 1. The van der Waals surface area contributed by atoms with Crippen molar-refractivity contribution in [2.45, 2.75) is 32.4 Å². The normalized spacial score (nSPS) is 12.6. The number of pyridine rings is 1. The van der Waals surface area contributed by atoms with Crippen LogP contribution in [-0.4, -0.2) is 62.9 Å². The lowest BCUT2D eigenvalue weighted by molar-refractivity contribution is 0.0481. The topological polar surface area (TPSA) is 99.2 Å². The van der Waals surface area contributed by atoms with Crippen LogP contribution in [0.3, 0.4) is 0 Å². The smallest absolute Gasteiger partial charge is 0.494 e. The number of hydrogen-bond acceptors (Lipinski definition) is 8. The molecule has 1 N–H and O–H groups in total. The summed E-state index contributed by atoms with van der Waals surface area (Å²) in [6.45, 7) is 1.67. The Bertz CT molecular complexity index is 1350. The van der Waals surface area contributed by atoms with Crippen LogP contribution in [0.15, 0.2) is 54.7 Å². The molecular formula is C31H36FN3O6. The van der Waals surface area contributed by atoms with Gasteiger partial charge < -0.3 is 29.2 Å². The molecule has 3 aromatic rings. The van der Waals surface area contributed by atoms with E-state index in [9.17, 15) is 14.0 Å². The molecule has 1 heterocycles. The summed E-state index contributed by atoms with van der Waals surface area (Å²) in [7, 11) is 5.30. The minimum Gasteiger partial charge on any atom is -0.494 e. The largest absolute Gasteiger partial charge is 0.508 e. The molecule has 1 amide bonds. The van der Waals surface area contributed by atoms with Crippen molar-refractivity contribution in [1.29, 1.82) is 0 Å². The molecule has 0 unspecified atom stereocenters. The van der Waals surface area contributed by atoms with Crippen LogP contribution in [0.4, 0.5) is 9.18 Å². The van der Waals surface area contributed by atoms with Crippen LogP contribution in [0, 0.1) is 11.7 Å². The zero-order valence-corrected chi connectivity index (χ0v) is 23.7. The van der Waals surface area contributed by atoms with Crippen LogP contribution in [0.1, 0.15) is 40.7 Å². The number of aromatic nitrogens is 1. The van der Waals surface area contributed by atoms with Crippen LogP contribution < -0.4 is 14.8 Å². The molecule has 0 atom stereocenters. The molecule has 4 rings (SSSR count). The molecule has 0 radical (unpaired) electrons. The maximum absolute atomic E-state index is 14.1. The summed E-state index contributed by atoms with van der Waals surface area (Å²) < 4.78 is 35.6. The summed E-state index contributed by atoms with van der Waals surface area (Å²) in [6.07, 6.45) is 3.80. The molecule has 9 nitrogen and oxygen atoms in total. The van der Waals surface area contributed by atoms with Gasteiger partial charge in [0.2, 0.25) is 0 Å². The number of rotatable bonds is 14. The second kappa shape index (κ2) is 14.5. The van der Waals surface area contributed by atoms with Gasteiger partial charge >= 0.3 is 6.16 Å². The minimum atomic E-state index is -0.752. The van der Waals surface area contributed by atoms with Crippen molar-refractivity contribution in [1.82, 2.24) is 15.2 Å². The van der Waals surface area contributed by atoms with Gasteiger partial charge in [-0.3, -0.25) is 9.78 Å². The third-order valence-electron chi connectivity index (χ3n) is 6.54. The Balaban J connectivity index is 1.48. The van der Waals surface area contributed by atoms with Crippen LogP contribution in [0.2, 0.25) is 0 Å². The van der Waals surface area contributed by atoms with Gasteiger partial charge in [0, 0.05) is 30.4 Å². The fourth-order valence-corrected chi connectivity index (χ4v) is 4.10. The van der Waals surface area contributed by atoms with Crippen LogP contribution in [0.5, 0.6) is 11.5 Å². The quantitative estimate of drug-likeness (QED) is 0.210. The first-order valence-electron chi connectivity index (χ1n) is 13.6. The Kier molecular flexibility index (Phi) is 10.5. The lowest BCUT2D eigenvalue weighted by Gasteiger charge is -2.15. The zero-order chi connectivity index (χ0) is 29.2. The number of carbonyl (C=O) groups is 2. The van der Waals surface area contributed by atoms with E-state index < -0.39 is 12.0 Å². The van der Waals surface area contributed by atoms with Crippen LogP contribution >= 0.6 is 0 Å². The maximum Gasteiger partial charge on any atom is 0.508 e. The van der Waals surface area contributed by atoms with Gasteiger partial charge in [0.25, 0.3) is 5.91 Å². The molecule has 0 bridgehead atoms. The minimum absolute atomic E-state index is 0.0415. The van der Waals surface area contributed by atoms with Gasteiger partial charge in [-0.15, -0.1) is 0 Å². The van der Waals surface area contributed by atoms with E-state index in [2.05, 4.69) is 10.3 Å². The van der Waals surface area contributed by atoms with Crippen molar-refractivity contribution in [2.24, 2.45) is 5.92 Å². The van der Waals surface area contributed by atoms with E-state index in [-0.39, 0.29) is 31.4 Å². The van der Waals surface area contributed by atoms with Crippen LogP contribution in [0.25, 0.3) is 11.3 Å². The summed E-state index contributed by atoms with van der Waals surface area (Å²) in [5.74, 6) is 0.210. The highest BCUT2D eigenvalue weighted by Gasteiger charge is 2.24. The third-order valence-corrected chi connectivity index (χ3v) is 6.54. The highest BCUT2D eigenvalue weighted by Crippen LogP contribution is 2.32. The molecule has 0 aliphatic heterocycles. The van der Waals surface area contributed by atoms with Gasteiger partial charge in [0.1, 0.15) is 12.4 Å². The molecular weight excluding hydrogens is 529 g/mol. The first-order chi connectivity index (χ1) is 19.8.